The minimum Gasteiger partial charge on any atom is -0.393 e. The number of hydrogen-bond acceptors (Lipinski definition) is 2. The lowest BCUT2D eigenvalue weighted by molar-refractivity contribution is 0.0297. The molecule has 1 aromatic rings. The molecule has 0 aliphatic carbocycles. The van der Waals surface area contributed by atoms with E-state index in [0.29, 0.717) is 19.5 Å². The van der Waals surface area contributed by atoms with Gasteiger partial charge in [-0.2, -0.15) is 0 Å². The maximum Gasteiger partial charge on any atom is 0.254 e. The van der Waals surface area contributed by atoms with Gasteiger partial charge in [-0.3, -0.25) is 4.79 Å². The molecule has 1 aromatic carbocycles. The molecule has 1 amide bonds. The van der Waals surface area contributed by atoms with E-state index < -0.39 is 0 Å². The number of carbonyl (C=O) groups excluding carboxylic acids is 1. The van der Waals surface area contributed by atoms with Gasteiger partial charge in [-0.05, 0) is 37.8 Å². The molecular formula is C15H21NO2. The molecule has 18 heavy (non-hydrogen) atoms. The molecule has 2 unspecified atom stereocenters. The lowest BCUT2D eigenvalue weighted by Gasteiger charge is -2.34. The minimum atomic E-state index is -0.271. The van der Waals surface area contributed by atoms with E-state index in [1.165, 1.54) is 0 Å². The van der Waals surface area contributed by atoms with Gasteiger partial charge in [0.1, 0.15) is 0 Å². The second-order valence-corrected chi connectivity index (χ2v) is 5.40. The number of rotatable bonds is 1. The maximum absolute atomic E-state index is 12.5. The molecule has 1 aliphatic rings. The number of carbonyl (C=O) groups is 1. The molecule has 0 radical (unpaired) electrons. The number of hydrogen-bond donors (Lipinski definition) is 1. The Labute approximate surface area is 108 Å². The van der Waals surface area contributed by atoms with Crippen LogP contribution >= 0.6 is 0 Å². The van der Waals surface area contributed by atoms with Gasteiger partial charge in [-0.25, -0.2) is 0 Å². The topological polar surface area (TPSA) is 40.5 Å². The first kappa shape index (κ1) is 13.1. The normalized spacial score (nSPS) is 24.1. The standard InChI is InChI=1S/C15H21NO2/c1-10-4-5-11(2)13(8-10)15(18)16-7-6-14(17)12(3)9-16/h4-5,8,12,14,17H,6-7,9H2,1-3H3. The van der Waals surface area contributed by atoms with E-state index in [-0.39, 0.29) is 17.9 Å². The number of aliphatic hydroxyl groups is 1. The van der Waals surface area contributed by atoms with Crippen LogP contribution in [-0.2, 0) is 0 Å². The molecule has 0 spiro atoms. The third-order valence-corrected chi connectivity index (χ3v) is 3.77. The summed E-state index contributed by atoms with van der Waals surface area (Å²) in [7, 11) is 0. The first-order valence-electron chi connectivity index (χ1n) is 6.53. The van der Waals surface area contributed by atoms with E-state index in [0.717, 1.165) is 16.7 Å². The molecule has 0 aromatic heterocycles. The fraction of sp³-hybridized carbons (Fsp3) is 0.533. The first-order valence-corrected chi connectivity index (χ1v) is 6.53. The predicted octanol–water partition coefficient (Wildman–Crippen LogP) is 2.15. The maximum atomic E-state index is 12.5. The second-order valence-electron chi connectivity index (χ2n) is 5.40. The predicted molar refractivity (Wildman–Crippen MR) is 71.6 cm³/mol. The third-order valence-electron chi connectivity index (χ3n) is 3.77. The summed E-state index contributed by atoms with van der Waals surface area (Å²) in [5.74, 6) is 0.253. The Morgan fingerprint density at radius 3 is 2.78 bits per heavy atom. The van der Waals surface area contributed by atoms with Crippen molar-refractivity contribution in [1.29, 1.82) is 0 Å². The zero-order valence-corrected chi connectivity index (χ0v) is 11.3. The molecule has 2 rings (SSSR count). The molecular weight excluding hydrogens is 226 g/mol. The number of benzene rings is 1. The third kappa shape index (κ3) is 2.56. The van der Waals surface area contributed by atoms with Crippen molar-refractivity contribution in [2.45, 2.75) is 33.3 Å². The molecule has 2 atom stereocenters. The van der Waals surface area contributed by atoms with Crippen LogP contribution in [0.5, 0.6) is 0 Å². The summed E-state index contributed by atoms with van der Waals surface area (Å²) in [6, 6.07) is 5.97. The number of nitrogens with zero attached hydrogens (tertiary/aromatic N) is 1. The molecule has 1 heterocycles. The van der Waals surface area contributed by atoms with Crippen LogP contribution in [0.25, 0.3) is 0 Å². The second kappa shape index (κ2) is 5.11. The highest BCUT2D eigenvalue weighted by atomic mass is 16.3. The number of likely N-dealkylation sites (tertiary alicyclic amines) is 1. The van der Waals surface area contributed by atoms with Gasteiger partial charge in [-0.1, -0.05) is 24.6 Å². The summed E-state index contributed by atoms with van der Waals surface area (Å²) >= 11 is 0. The van der Waals surface area contributed by atoms with Gasteiger partial charge in [0.25, 0.3) is 5.91 Å². The van der Waals surface area contributed by atoms with E-state index in [1.807, 2.05) is 43.9 Å². The zero-order valence-electron chi connectivity index (χ0n) is 11.3. The molecule has 0 bridgehead atoms. The Morgan fingerprint density at radius 1 is 1.39 bits per heavy atom. The largest absolute Gasteiger partial charge is 0.393 e. The minimum absolute atomic E-state index is 0.0925. The Morgan fingerprint density at radius 2 is 2.11 bits per heavy atom. The van der Waals surface area contributed by atoms with Gasteiger partial charge in [0.2, 0.25) is 0 Å². The summed E-state index contributed by atoms with van der Waals surface area (Å²) < 4.78 is 0. The van der Waals surface area contributed by atoms with Crippen molar-refractivity contribution < 1.29 is 9.90 Å². The molecule has 1 N–H and O–H groups in total. The van der Waals surface area contributed by atoms with Crippen molar-refractivity contribution in [2.24, 2.45) is 5.92 Å². The molecule has 3 nitrogen and oxygen atoms in total. The Bertz CT molecular complexity index is 456. The smallest absolute Gasteiger partial charge is 0.254 e. The number of piperidine rings is 1. The van der Waals surface area contributed by atoms with E-state index in [2.05, 4.69) is 0 Å². The van der Waals surface area contributed by atoms with Gasteiger partial charge < -0.3 is 10.0 Å². The fourth-order valence-electron chi connectivity index (χ4n) is 2.45. The molecule has 3 heteroatoms. The van der Waals surface area contributed by atoms with Crippen molar-refractivity contribution in [3.05, 3.63) is 34.9 Å². The van der Waals surface area contributed by atoms with Gasteiger partial charge in [0, 0.05) is 18.7 Å². The van der Waals surface area contributed by atoms with Crippen LogP contribution in [-0.4, -0.2) is 35.1 Å². The van der Waals surface area contributed by atoms with Crippen LogP contribution in [0.15, 0.2) is 18.2 Å². The molecule has 1 fully saturated rings. The highest BCUT2D eigenvalue weighted by Gasteiger charge is 2.28. The summed E-state index contributed by atoms with van der Waals surface area (Å²) in [5.41, 5.74) is 2.91. The zero-order chi connectivity index (χ0) is 13.3. The van der Waals surface area contributed by atoms with E-state index in [1.54, 1.807) is 0 Å². The molecule has 1 saturated heterocycles. The summed E-state index contributed by atoms with van der Waals surface area (Å²) in [4.78, 5) is 14.3. The summed E-state index contributed by atoms with van der Waals surface area (Å²) in [6.07, 6.45) is 0.408. The average Bonchev–Trinajstić information content (AvgIpc) is 2.35. The van der Waals surface area contributed by atoms with Crippen molar-refractivity contribution in [1.82, 2.24) is 4.90 Å². The van der Waals surface area contributed by atoms with Gasteiger partial charge in [-0.15, -0.1) is 0 Å². The lowest BCUT2D eigenvalue weighted by atomic mass is 9.95. The summed E-state index contributed by atoms with van der Waals surface area (Å²) in [5, 5.41) is 9.71. The van der Waals surface area contributed by atoms with Gasteiger partial charge in [0.15, 0.2) is 0 Å². The van der Waals surface area contributed by atoms with Crippen LogP contribution in [0.1, 0.15) is 34.8 Å². The van der Waals surface area contributed by atoms with Crippen molar-refractivity contribution >= 4 is 5.91 Å². The average molecular weight is 247 g/mol. The van der Waals surface area contributed by atoms with Crippen molar-refractivity contribution in [3.63, 3.8) is 0 Å². The summed E-state index contributed by atoms with van der Waals surface area (Å²) in [6.45, 7) is 7.26. The molecule has 0 saturated carbocycles. The lowest BCUT2D eigenvalue weighted by Crippen LogP contribution is -2.45. The van der Waals surface area contributed by atoms with Gasteiger partial charge in [0.05, 0.1) is 6.10 Å². The van der Waals surface area contributed by atoms with E-state index in [9.17, 15) is 9.90 Å². The molecule has 1 aliphatic heterocycles. The van der Waals surface area contributed by atoms with E-state index in [4.69, 9.17) is 0 Å². The number of aliphatic hydroxyl groups excluding tert-OH is 1. The Kier molecular flexibility index (Phi) is 3.71. The van der Waals surface area contributed by atoms with Crippen molar-refractivity contribution in [2.75, 3.05) is 13.1 Å². The van der Waals surface area contributed by atoms with Crippen molar-refractivity contribution in [3.8, 4) is 0 Å². The van der Waals surface area contributed by atoms with Crippen LogP contribution in [0, 0.1) is 19.8 Å². The quantitative estimate of drug-likeness (QED) is 0.826. The van der Waals surface area contributed by atoms with E-state index >= 15 is 0 Å². The number of aryl methyl sites for hydroxylation is 2. The SMILES string of the molecule is Cc1ccc(C)c(C(=O)N2CCC(O)C(C)C2)c1. The molecule has 98 valence electrons. The first-order chi connectivity index (χ1) is 8.49. The Balaban J connectivity index is 2.19. The van der Waals surface area contributed by atoms with Gasteiger partial charge >= 0.3 is 0 Å². The highest BCUT2D eigenvalue weighted by Crippen LogP contribution is 2.20. The van der Waals surface area contributed by atoms with Crippen LogP contribution in [0.4, 0.5) is 0 Å². The van der Waals surface area contributed by atoms with Crippen LogP contribution in [0.3, 0.4) is 0 Å². The Hall–Kier alpha value is -1.35. The monoisotopic (exact) mass is 247 g/mol. The highest BCUT2D eigenvalue weighted by molar-refractivity contribution is 5.95. The van der Waals surface area contributed by atoms with Crippen LogP contribution < -0.4 is 0 Å². The fourth-order valence-corrected chi connectivity index (χ4v) is 2.45. The van der Waals surface area contributed by atoms with Crippen LogP contribution in [0.2, 0.25) is 0 Å². The number of amides is 1.